The van der Waals surface area contributed by atoms with E-state index in [1.54, 1.807) is 0 Å². The van der Waals surface area contributed by atoms with E-state index in [4.69, 9.17) is 25.8 Å². The van der Waals surface area contributed by atoms with Gasteiger partial charge in [-0.3, -0.25) is 9.11 Å². The van der Waals surface area contributed by atoms with Crippen molar-refractivity contribution in [2.45, 2.75) is 4.93 Å². The van der Waals surface area contributed by atoms with Gasteiger partial charge in [0.15, 0.2) is 0 Å². The molecule has 0 rings (SSSR count). The van der Waals surface area contributed by atoms with Crippen molar-refractivity contribution >= 4 is 31.8 Å². The van der Waals surface area contributed by atoms with Crippen LogP contribution in [0.1, 0.15) is 0 Å². The molecule has 13 heavy (non-hydrogen) atoms. The smallest absolute Gasteiger partial charge is 0.297 e. The Balaban J connectivity index is 5.12. The molecule has 0 heterocycles. The molecule has 0 fully saturated rings. The summed E-state index contributed by atoms with van der Waals surface area (Å²) in [4.78, 5) is -3.08. The third kappa shape index (κ3) is 3.75. The summed E-state index contributed by atoms with van der Waals surface area (Å²) in [5, 5.41) is 8.98. The molecular weight excluding hydrogens is 248 g/mol. The Bertz CT molecular complexity index is 369. The van der Waals surface area contributed by atoms with E-state index in [0.717, 1.165) is 0 Å². The zero-order valence-electron chi connectivity index (χ0n) is 6.08. The summed E-state index contributed by atoms with van der Waals surface area (Å²) >= 11 is 4.93. The highest BCUT2D eigenvalue weighted by Crippen LogP contribution is 2.16. The van der Waals surface area contributed by atoms with Crippen LogP contribution in [-0.4, -0.2) is 47.6 Å². The monoisotopic (exact) mass is 254 g/mol. The summed E-state index contributed by atoms with van der Waals surface area (Å²) in [5.74, 6) is -2.66. The minimum Gasteiger partial charge on any atom is -0.371 e. The van der Waals surface area contributed by atoms with E-state index in [1.807, 2.05) is 0 Å². The molecule has 0 aromatic rings. The minimum absolute atomic E-state index is 1.08. The number of rotatable bonds is 4. The number of halogens is 1. The fraction of sp³-hybridized carbons (Fsp3) is 1.00. The minimum atomic E-state index is -5.06. The van der Waals surface area contributed by atoms with Gasteiger partial charge in [-0.2, -0.15) is 16.8 Å². The predicted molar refractivity (Wildman–Crippen MR) is 43.6 cm³/mol. The molecule has 0 radical (unpaired) electrons. The van der Waals surface area contributed by atoms with Crippen LogP contribution < -0.4 is 0 Å². The summed E-state index contributed by atoms with van der Waals surface area (Å²) in [6.07, 6.45) is 0. The molecule has 0 spiro atoms. The van der Waals surface area contributed by atoms with Gasteiger partial charge in [0.25, 0.3) is 20.2 Å². The third-order valence-corrected chi connectivity index (χ3v) is 3.97. The van der Waals surface area contributed by atoms with Crippen LogP contribution in [0.4, 0.5) is 0 Å². The van der Waals surface area contributed by atoms with Crippen LogP contribution in [0.25, 0.3) is 0 Å². The molecule has 1 atom stereocenters. The Kier molecular flexibility index (Phi) is 3.69. The van der Waals surface area contributed by atoms with Gasteiger partial charge in [-0.1, -0.05) is 0 Å². The molecule has 0 aromatic heterocycles. The van der Waals surface area contributed by atoms with Gasteiger partial charge >= 0.3 is 0 Å². The first kappa shape index (κ1) is 13.1. The normalized spacial score (nSPS) is 18.2. The quantitative estimate of drug-likeness (QED) is 0.419. The average molecular weight is 255 g/mol. The van der Waals surface area contributed by atoms with Gasteiger partial charge in [-0.15, -0.1) is 11.6 Å². The largest absolute Gasteiger partial charge is 0.371 e. The molecule has 1 unspecified atom stereocenters. The maximum absolute atomic E-state index is 10.4. The Morgan fingerprint density at radius 3 is 1.62 bits per heavy atom. The first-order valence-corrected chi connectivity index (χ1v) is 6.31. The van der Waals surface area contributed by atoms with E-state index >= 15 is 0 Å². The number of hydrogen-bond acceptors (Lipinski definition) is 5. The second-order valence-corrected chi connectivity index (χ2v) is 5.71. The standard InChI is InChI=1S/C3H7ClO7S2/c4-1-3(5,13(9,10)11)2-12(6,7)8/h5H,1-2H2,(H,6,7,8)(H,9,10,11). The summed E-state index contributed by atoms with van der Waals surface area (Å²) in [6.45, 7) is 0. The van der Waals surface area contributed by atoms with Gasteiger partial charge in [-0.25, -0.2) is 0 Å². The van der Waals surface area contributed by atoms with Gasteiger partial charge in [-0.05, 0) is 0 Å². The van der Waals surface area contributed by atoms with Crippen molar-refractivity contribution in [1.82, 2.24) is 0 Å². The van der Waals surface area contributed by atoms with Crippen LogP contribution >= 0.6 is 11.6 Å². The molecule has 7 nitrogen and oxygen atoms in total. The Labute approximate surface area is 79.8 Å². The Hall–Kier alpha value is 0.0700. The van der Waals surface area contributed by atoms with Crippen molar-refractivity contribution in [2.75, 3.05) is 11.6 Å². The maximum atomic E-state index is 10.4. The first-order valence-electron chi connectivity index (χ1n) is 2.72. The molecule has 10 heteroatoms. The van der Waals surface area contributed by atoms with Crippen molar-refractivity contribution in [3.63, 3.8) is 0 Å². The van der Waals surface area contributed by atoms with E-state index in [-0.39, 0.29) is 0 Å². The van der Waals surface area contributed by atoms with E-state index in [0.29, 0.717) is 0 Å². The second kappa shape index (κ2) is 3.67. The van der Waals surface area contributed by atoms with Crippen LogP contribution in [0, 0.1) is 0 Å². The van der Waals surface area contributed by atoms with E-state index < -0.39 is 36.8 Å². The SMILES string of the molecule is O=S(=O)(O)CC(O)(CCl)S(=O)(=O)O. The highest BCUT2D eigenvalue weighted by molar-refractivity contribution is 7.90. The van der Waals surface area contributed by atoms with Crippen molar-refractivity contribution in [1.29, 1.82) is 0 Å². The number of alkyl halides is 1. The molecule has 0 aliphatic carbocycles. The van der Waals surface area contributed by atoms with Gasteiger partial charge in [0.2, 0.25) is 4.93 Å². The summed E-state index contributed by atoms with van der Waals surface area (Å²) in [7, 11) is -9.81. The van der Waals surface area contributed by atoms with Gasteiger partial charge in [0.05, 0.1) is 5.88 Å². The van der Waals surface area contributed by atoms with Crippen LogP contribution in [0.2, 0.25) is 0 Å². The lowest BCUT2D eigenvalue weighted by molar-refractivity contribution is 0.156. The Morgan fingerprint density at radius 1 is 1.15 bits per heavy atom. The van der Waals surface area contributed by atoms with Crippen LogP contribution in [0.15, 0.2) is 0 Å². The zero-order valence-corrected chi connectivity index (χ0v) is 8.47. The van der Waals surface area contributed by atoms with E-state index in [1.165, 1.54) is 0 Å². The molecule has 0 amide bonds. The van der Waals surface area contributed by atoms with Crippen LogP contribution in [0.5, 0.6) is 0 Å². The van der Waals surface area contributed by atoms with Crippen LogP contribution in [0.3, 0.4) is 0 Å². The molecule has 0 bridgehead atoms. The molecule has 0 aromatic carbocycles. The molecule has 0 aliphatic heterocycles. The topological polar surface area (TPSA) is 129 Å². The van der Waals surface area contributed by atoms with Crippen molar-refractivity contribution < 1.29 is 31.0 Å². The molecule has 0 saturated carbocycles. The number of aliphatic hydroxyl groups is 1. The summed E-state index contributed by atoms with van der Waals surface area (Å²) in [5.41, 5.74) is 0. The predicted octanol–water partition coefficient (Wildman–Crippen LogP) is -1.31. The third-order valence-electron chi connectivity index (χ3n) is 1.10. The molecule has 3 N–H and O–H groups in total. The molecular formula is C3H7ClO7S2. The zero-order chi connectivity index (χ0) is 10.9. The summed E-state index contributed by atoms with van der Waals surface area (Å²) < 4.78 is 57.8. The first-order chi connectivity index (χ1) is 5.52. The average Bonchev–Trinajstić information content (AvgIpc) is 1.81. The molecule has 0 aliphatic rings. The lowest BCUT2D eigenvalue weighted by atomic mass is 10.5. The highest BCUT2D eigenvalue weighted by atomic mass is 35.5. The fourth-order valence-corrected chi connectivity index (χ4v) is 2.94. The molecule has 0 saturated heterocycles. The van der Waals surface area contributed by atoms with E-state index in [2.05, 4.69) is 0 Å². The van der Waals surface area contributed by atoms with E-state index in [9.17, 15) is 16.8 Å². The summed E-state index contributed by atoms with van der Waals surface area (Å²) in [6, 6.07) is 0. The van der Waals surface area contributed by atoms with Crippen LogP contribution in [-0.2, 0) is 20.2 Å². The second-order valence-electron chi connectivity index (χ2n) is 2.28. The van der Waals surface area contributed by atoms with Gasteiger partial charge < -0.3 is 5.11 Å². The van der Waals surface area contributed by atoms with Crippen molar-refractivity contribution in [3.8, 4) is 0 Å². The Morgan fingerprint density at radius 2 is 1.54 bits per heavy atom. The molecule has 80 valence electrons. The lowest BCUT2D eigenvalue weighted by Gasteiger charge is -2.19. The highest BCUT2D eigenvalue weighted by Gasteiger charge is 2.44. The maximum Gasteiger partial charge on any atom is 0.297 e. The van der Waals surface area contributed by atoms with Crippen molar-refractivity contribution in [3.05, 3.63) is 0 Å². The van der Waals surface area contributed by atoms with Gasteiger partial charge in [0.1, 0.15) is 5.75 Å². The van der Waals surface area contributed by atoms with Gasteiger partial charge in [0, 0.05) is 0 Å². The fourth-order valence-electron chi connectivity index (χ4n) is 0.467. The van der Waals surface area contributed by atoms with Crippen molar-refractivity contribution in [2.24, 2.45) is 0 Å². The number of hydrogen-bond donors (Lipinski definition) is 3. The lowest BCUT2D eigenvalue weighted by Crippen LogP contribution is -2.46.